The van der Waals surface area contributed by atoms with Gasteiger partial charge in [-0.3, -0.25) is 14.6 Å². The zero-order valence-corrected chi connectivity index (χ0v) is 16.2. The van der Waals surface area contributed by atoms with Crippen LogP contribution in [0.1, 0.15) is 45.2 Å². The number of benzene rings is 1. The molecule has 3 aromatic rings. The average molecular weight is 390 g/mol. The summed E-state index contributed by atoms with van der Waals surface area (Å²) in [6.07, 6.45) is 3.01. The topological polar surface area (TPSA) is 98.4 Å². The number of fused-ring (bicyclic) bond motifs is 1. The number of hydrogen-bond acceptors (Lipinski definition) is 5. The fourth-order valence-electron chi connectivity index (χ4n) is 3.83. The molecular weight excluding hydrogens is 368 g/mol. The maximum atomic E-state index is 12.8. The Hall–Kier alpha value is -3.48. The third-order valence-electron chi connectivity index (χ3n) is 5.38. The van der Waals surface area contributed by atoms with Gasteiger partial charge in [0.15, 0.2) is 0 Å². The number of aromatic nitrogens is 2. The minimum Gasteiger partial charge on any atom is -0.481 e. The van der Waals surface area contributed by atoms with E-state index in [9.17, 15) is 9.59 Å². The second kappa shape index (κ2) is 7.87. The lowest BCUT2D eigenvalue weighted by atomic mass is 9.89. The van der Waals surface area contributed by atoms with Crippen molar-refractivity contribution in [2.75, 3.05) is 20.2 Å². The molecule has 1 aliphatic rings. The molecule has 4 rings (SSSR count). The number of carbonyl (C=O) groups excluding carboxylic acids is 2. The van der Waals surface area contributed by atoms with Crippen molar-refractivity contribution in [2.24, 2.45) is 5.73 Å². The van der Waals surface area contributed by atoms with Crippen LogP contribution in [0, 0.1) is 0 Å². The molecule has 0 aliphatic carbocycles. The lowest BCUT2D eigenvalue weighted by Crippen LogP contribution is -2.38. The minimum atomic E-state index is -0.472. The number of nitrogens with two attached hydrogens (primary N) is 1. The zero-order valence-electron chi connectivity index (χ0n) is 16.2. The first kappa shape index (κ1) is 18.9. The highest BCUT2D eigenvalue weighted by Gasteiger charge is 2.28. The van der Waals surface area contributed by atoms with Crippen molar-refractivity contribution in [3.05, 3.63) is 65.5 Å². The molecule has 3 heterocycles. The highest BCUT2D eigenvalue weighted by Crippen LogP contribution is 2.31. The van der Waals surface area contributed by atoms with Gasteiger partial charge in [-0.15, -0.1) is 0 Å². The fourth-order valence-corrected chi connectivity index (χ4v) is 3.83. The molecule has 29 heavy (non-hydrogen) atoms. The first-order valence-corrected chi connectivity index (χ1v) is 9.55. The number of piperidine rings is 1. The minimum absolute atomic E-state index is 0.0502. The van der Waals surface area contributed by atoms with Crippen molar-refractivity contribution in [1.82, 2.24) is 14.9 Å². The van der Waals surface area contributed by atoms with E-state index in [2.05, 4.69) is 4.98 Å². The Labute approximate surface area is 168 Å². The van der Waals surface area contributed by atoms with Gasteiger partial charge in [-0.1, -0.05) is 18.2 Å². The number of para-hydroxylation sites is 1. The van der Waals surface area contributed by atoms with E-state index in [1.165, 1.54) is 7.11 Å². The van der Waals surface area contributed by atoms with Crippen LogP contribution in [0.2, 0.25) is 0 Å². The molecule has 0 radical (unpaired) electrons. The largest absolute Gasteiger partial charge is 0.481 e. The zero-order chi connectivity index (χ0) is 20.4. The summed E-state index contributed by atoms with van der Waals surface area (Å²) in [7, 11) is 1.52. The molecule has 1 aromatic carbocycles. The average Bonchev–Trinajstić information content (AvgIpc) is 2.77. The monoisotopic (exact) mass is 390 g/mol. The molecular formula is C22H22N4O3. The van der Waals surface area contributed by atoms with Crippen LogP contribution in [-0.2, 0) is 0 Å². The second-order valence-corrected chi connectivity index (χ2v) is 7.13. The van der Waals surface area contributed by atoms with E-state index in [1.807, 2.05) is 35.2 Å². The molecule has 0 saturated carbocycles. The molecule has 7 heteroatoms. The molecule has 0 spiro atoms. The number of ether oxygens (including phenoxy) is 1. The van der Waals surface area contributed by atoms with Gasteiger partial charge in [0.2, 0.25) is 5.88 Å². The summed E-state index contributed by atoms with van der Waals surface area (Å²) < 4.78 is 5.10. The van der Waals surface area contributed by atoms with Crippen molar-refractivity contribution in [3.63, 3.8) is 0 Å². The van der Waals surface area contributed by atoms with Crippen LogP contribution in [0.4, 0.5) is 0 Å². The number of primary amides is 1. The van der Waals surface area contributed by atoms with Gasteiger partial charge in [-0.25, -0.2) is 4.98 Å². The number of pyridine rings is 2. The Bertz CT molecular complexity index is 1070. The molecule has 2 aromatic heterocycles. The molecule has 2 amide bonds. The van der Waals surface area contributed by atoms with E-state index in [1.54, 1.807) is 18.3 Å². The third kappa shape index (κ3) is 3.76. The van der Waals surface area contributed by atoms with Crippen molar-refractivity contribution in [1.29, 1.82) is 0 Å². The molecule has 7 nitrogen and oxygen atoms in total. The predicted molar refractivity (Wildman–Crippen MR) is 109 cm³/mol. The molecule has 0 unspecified atom stereocenters. The van der Waals surface area contributed by atoms with Crippen LogP contribution in [-0.4, -0.2) is 46.9 Å². The van der Waals surface area contributed by atoms with E-state index in [4.69, 9.17) is 15.5 Å². The predicted octanol–water partition coefficient (Wildman–Crippen LogP) is 2.76. The Morgan fingerprint density at radius 1 is 1.14 bits per heavy atom. The molecule has 0 atom stereocenters. The van der Waals surface area contributed by atoms with Gasteiger partial charge in [0.05, 0.1) is 23.9 Å². The molecule has 2 N–H and O–H groups in total. The Balaban J connectivity index is 1.54. The van der Waals surface area contributed by atoms with Crippen LogP contribution < -0.4 is 10.5 Å². The molecule has 0 bridgehead atoms. The van der Waals surface area contributed by atoms with E-state index in [0.29, 0.717) is 30.1 Å². The second-order valence-electron chi connectivity index (χ2n) is 7.13. The van der Waals surface area contributed by atoms with Crippen molar-refractivity contribution < 1.29 is 14.3 Å². The molecule has 1 saturated heterocycles. The number of likely N-dealkylation sites (tertiary alicyclic amines) is 1. The van der Waals surface area contributed by atoms with Gasteiger partial charge >= 0.3 is 0 Å². The number of nitrogens with zero attached hydrogens (tertiary/aromatic N) is 3. The summed E-state index contributed by atoms with van der Waals surface area (Å²) in [6, 6.07) is 12.8. The normalized spacial score (nSPS) is 14.7. The quantitative estimate of drug-likeness (QED) is 0.739. The van der Waals surface area contributed by atoms with E-state index in [0.717, 1.165) is 29.4 Å². The maximum absolute atomic E-state index is 12.8. The molecule has 148 valence electrons. The number of hydrogen-bond donors (Lipinski definition) is 1. The fraction of sp³-hybridized carbons (Fsp3) is 0.273. The van der Waals surface area contributed by atoms with Gasteiger partial charge in [0.25, 0.3) is 11.8 Å². The first-order chi connectivity index (χ1) is 14.1. The van der Waals surface area contributed by atoms with Gasteiger partial charge in [-0.05, 0) is 31.0 Å². The smallest absolute Gasteiger partial charge is 0.254 e. The van der Waals surface area contributed by atoms with E-state index >= 15 is 0 Å². The third-order valence-corrected chi connectivity index (χ3v) is 5.38. The van der Waals surface area contributed by atoms with Crippen LogP contribution in [0.3, 0.4) is 0 Å². The summed E-state index contributed by atoms with van der Waals surface area (Å²) in [5, 5.41) is 0.893. The Kier molecular flexibility index (Phi) is 5.12. The number of carbonyl (C=O) groups is 2. The van der Waals surface area contributed by atoms with Gasteiger partial charge in [0, 0.05) is 42.2 Å². The maximum Gasteiger partial charge on any atom is 0.254 e. The summed E-state index contributed by atoms with van der Waals surface area (Å²) >= 11 is 0. The van der Waals surface area contributed by atoms with E-state index < -0.39 is 5.91 Å². The van der Waals surface area contributed by atoms with Crippen molar-refractivity contribution >= 4 is 22.7 Å². The number of rotatable bonds is 4. The molecule has 1 fully saturated rings. The highest BCUT2D eigenvalue weighted by atomic mass is 16.5. The summed E-state index contributed by atoms with van der Waals surface area (Å²) in [6.45, 7) is 1.17. The lowest BCUT2D eigenvalue weighted by molar-refractivity contribution is 0.0710. The lowest BCUT2D eigenvalue weighted by Gasteiger charge is -2.32. The van der Waals surface area contributed by atoms with Crippen LogP contribution in [0.15, 0.2) is 48.7 Å². The Morgan fingerprint density at radius 3 is 2.62 bits per heavy atom. The SMILES string of the molecule is COc1cc(C(=O)N2CCC(c3nc4ccccc4cc3C(N)=O)CC2)ccn1. The number of methoxy groups -OCH3 is 1. The van der Waals surface area contributed by atoms with Crippen LogP contribution in [0.5, 0.6) is 5.88 Å². The summed E-state index contributed by atoms with van der Waals surface area (Å²) in [4.78, 5) is 35.4. The summed E-state index contributed by atoms with van der Waals surface area (Å²) in [5.41, 5.74) is 8.22. The molecule has 1 aliphatic heterocycles. The standard InChI is InChI=1S/C22H22N4O3/c1-29-19-13-16(6-9-24-19)22(28)26-10-7-14(8-11-26)20-17(21(23)27)12-15-4-2-3-5-18(15)25-20/h2-6,9,12-14H,7-8,10-11H2,1H3,(H2,23,27). The van der Waals surface area contributed by atoms with Gasteiger partial charge < -0.3 is 15.4 Å². The number of amides is 2. The van der Waals surface area contributed by atoms with Crippen LogP contribution >= 0.6 is 0 Å². The van der Waals surface area contributed by atoms with Crippen molar-refractivity contribution in [2.45, 2.75) is 18.8 Å². The van der Waals surface area contributed by atoms with Gasteiger partial charge in [0.1, 0.15) is 0 Å². The van der Waals surface area contributed by atoms with Crippen molar-refractivity contribution in [3.8, 4) is 5.88 Å². The highest BCUT2D eigenvalue weighted by molar-refractivity contribution is 5.98. The van der Waals surface area contributed by atoms with Gasteiger partial charge in [-0.2, -0.15) is 0 Å². The first-order valence-electron chi connectivity index (χ1n) is 9.55. The van der Waals surface area contributed by atoms with Crippen LogP contribution in [0.25, 0.3) is 10.9 Å². The van der Waals surface area contributed by atoms with E-state index in [-0.39, 0.29) is 11.8 Å². The Morgan fingerprint density at radius 2 is 1.90 bits per heavy atom. The summed E-state index contributed by atoms with van der Waals surface area (Å²) in [5.74, 6) is -0.0262.